The molecule has 172 valence electrons. The topological polar surface area (TPSA) is 73.4 Å². The summed E-state index contributed by atoms with van der Waals surface area (Å²) in [7, 11) is 3.95. The van der Waals surface area contributed by atoms with Gasteiger partial charge in [-0.05, 0) is 48.9 Å². The molecule has 34 heavy (non-hydrogen) atoms. The van der Waals surface area contributed by atoms with Crippen molar-refractivity contribution in [3.05, 3.63) is 103 Å². The van der Waals surface area contributed by atoms with Crippen LogP contribution in [0.2, 0.25) is 0 Å². The lowest BCUT2D eigenvalue weighted by atomic mass is 10.1. The number of urea groups is 1. The van der Waals surface area contributed by atoms with Crippen LogP contribution in [0.3, 0.4) is 0 Å². The Labute approximate surface area is 200 Å². The molecule has 2 N–H and O–H groups in total. The second-order valence-corrected chi connectivity index (χ2v) is 8.06. The molecule has 7 heteroatoms. The lowest BCUT2D eigenvalue weighted by Crippen LogP contribution is -2.31. The number of hydrogen-bond donors (Lipinski definition) is 2. The van der Waals surface area contributed by atoms with E-state index in [9.17, 15) is 4.79 Å². The number of amides is 2. The van der Waals surface area contributed by atoms with Crippen LogP contribution in [0.25, 0.3) is 0 Å². The number of rotatable bonds is 7. The summed E-state index contributed by atoms with van der Waals surface area (Å²) in [5.41, 5.74) is 3.55. The van der Waals surface area contributed by atoms with E-state index in [1.807, 2.05) is 111 Å². The van der Waals surface area contributed by atoms with Gasteiger partial charge in [-0.3, -0.25) is 0 Å². The average molecular weight is 453 g/mol. The highest BCUT2D eigenvalue weighted by molar-refractivity contribution is 6.06. The molecule has 0 radical (unpaired) electrons. The SMILES string of the molecule is C[C@H](Nc1nccc(N(C(=O)Nc2ccccc2)c2ccc(N(C)C)cc2)n1)c1ccccc1. The average Bonchev–Trinajstić information content (AvgIpc) is 2.86. The first-order valence-corrected chi connectivity index (χ1v) is 11.1. The van der Waals surface area contributed by atoms with Crippen LogP contribution in [0.15, 0.2) is 97.2 Å². The Bertz CT molecular complexity index is 1210. The predicted octanol–water partition coefficient (Wildman–Crippen LogP) is 6.09. The van der Waals surface area contributed by atoms with E-state index in [0.29, 0.717) is 23.1 Å². The van der Waals surface area contributed by atoms with Gasteiger partial charge in [0.2, 0.25) is 5.95 Å². The molecule has 0 aliphatic rings. The van der Waals surface area contributed by atoms with Gasteiger partial charge in [0, 0.05) is 37.7 Å². The molecule has 3 aromatic carbocycles. The van der Waals surface area contributed by atoms with Gasteiger partial charge in [0.1, 0.15) is 5.82 Å². The second kappa shape index (κ2) is 10.5. The predicted molar refractivity (Wildman–Crippen MR) is 139 cm³/mol. The minimum Gasteiger partial charge on any atom is -0.378 e. The molecule has 4 aromatic rings. The fourth-order valence-corrected chi connectivity index (χ4v) is 3.52. The highest BCUT2D eigenvalue weighted by Gasteiger charge is 2.21. The van der Waals surface area contributed by atoms with Crippen molar-refractivity contribution >= 4 is 34.9 Å². The number of benzene rings is 3. The summed E-state index contributed by atoms with van der Waals surface area (Å²) >= 11 is 0. The van der Waals surface area contributed by atoms with Gasteiger partial charge in [0.05, 0.1) is 11.7 Å². The monoisotopic (exact) mass is 452 g/mol. The smallest absolute Gasteiger partial charge is 0.332 e. The standard InChI is InChI=1S/C27H28N6O/c1-20(21-10-6-4-7-11-21)29-26-28-19-18-25(31-26)33(24-16-14-23(15-17-24)32(2)3)27(34)30-22-12-8-5-9-13-22/h4-20H,1-3H3,(H,30,34)(H,28,29,31)/t20-/m0/s1. The molecule has 0 saturated carbocycles. The van der Waals surface area contributed by atoms with Gasteiger partial charge in [-0.15, -0.1) is 0 Å². The van der Waals surface area contributed by atoms with Crippen molar-refractivity contribution in [2.24, 2.45) is 0 Å². The molecule has 1 heterocycles. The Hall–Kier alpha value is -4.39. The fraction of sp³-hybridized carbons (Fsp3) is 0.148. The maximum Gasteiger partial charge on any atom is 0.332 e. The number of carbonyl (C=O) groups is 1. The largest absolute Gasteiger partial charge is 0.378 e. The van der Waals surface area contributed by atoms with Gasteiger partial charge in [-0.1, -0.05) is 48.5 Å². The Balaban J connectivity index is 1.65. The minimum absolute atomic E-state index is 0.00224. The van der Waals surface area contributed by atoms with E-state index in [-0.39, 0.29) is 12.1 Å². The van der Waals surface area contributed by atoms with Crippen LogP contribution in [0.4, 0.5) is 33.6 Å². The summed E-state index contributed by atoms with van der Waals surface area (Å²) in [5, 5.41) is 6.29. The molecule has 1 atom stereocenters. The lowest BCUT2D eigenvalue weighted by molar-refractivity contribution is 0.259. The summed E-state index contributed by atoms with van der Waals surface area (Å²) in [6.07, 6.45) is 1.65. The zero-order valence-corrected chi connectivity index (χ0v) is 19.5. The van der Waals surface area contributed by atoms with E-state index in [1.54, 1.807) is 17.2 Å². The first-order chi connectivity index (χ1) is 16.5. The molecule has 0 saturated heterocycles. The summed E-state index contributed by atoms with van der Waals surface area (Å²) in [5.74, 6) is 0.903. The number of carbonyl (C=O) groups excluding carboxylic acids is 1. The van der Waals surface area contributed by atoms with Gasteiger partial charge in [0.15, 0.2) is 0 Å². The molecule has 0 aliphatic carbocycles. The maximum absolute atomic E-state index is 13.4. The number of aromatic nitrogens is 2. The second-order valence-electron chi connectivity index (χ2n) is 8.06. The maximum atomic E-state index is 13.4. The molecule has 0 aliphatic heterocycles. The van der Waals surface area contributed by atoms with Gasteiger partial charge in [-0.2, -0.15) is 4.98 Å². The number of nitrogens with one attached hydrogen (secondary N) is 2. The van der Waals surface area contributed by atoms with Crippen molar-refractivity contribution in [1.82, 2.24) is 9.97 Å². The van der Waals surface area contributed by atoms with Crippen LogP contribution in [-0.2, 0) is 0 Å². The molecule has 0 spiro atoms. The zero-order chi connectivity index (χ0) is 23.9. The van der Waals surface area contributed by atoms with Crippen LogP contribution in [0.5, 0.6) is 0 Å². The highest BCUT2D eigenvalue weighted by atomic mass is 16.2. The number of para-hydroxylation sites is 1. The Kier molecular flexibility index (Phi) is 7.03. The highest BCUT2D eigenvalue weighted by Crippen LogP contribution is 2.28. The van der Waals surface area contributed by atoms with Gasteiger partial charge >= 0.3 is 6.03 Å². The van der Waals surface area contributed by atoms with Crippen molar-refractivity contribution in [1.29, 1.82) is 0 Å². The molecular weight excluding hydrogens is 424 g/mol. The Morgan fingerprint density at radius 3 is 2.09 bits per heavy atom. The first kappa shape index (κ1) is 22.8. The van der Waals surface area contributed by atoms with Crippen LogP contribution in [0.1, 0.15) is 18.5 Å². The molecule has 0 bridgehead atoms. The third-order valence-electron chi connectivity index (χ3n) is 5.37. The first-order valence-electron chi connectivity index (χ1n) is 11.1. The van der Waals surface area contributed by atoms with Gasteiger partial charge < -0.3 is 15.5 Å². The van der Waals surface area contributed by atoms with Crippen LogP contribution >= 0.6 is 0 Å². The Morgan fingerprint density at radius 2 is 1.44 bits per heavy atom. The lowest BCUT2D eigenvalue weighted by Gasteiger charge is -2.24. The van der Waals surface area contributed by atoms with E-state index < -0.39 is 0 Å². The van der Waals surface area contributed by atoms with Crippen molar-refractivity contribution in [3.8, 4) is 0 Å². The van der Waals surface area contributed by atoms with Crippen molar-refractivity contribution in [3.63, 3.8) is 0 Å². The fourth-order valence-electron chi connectivity index (χ4n) is 3.52. The quantitative estimate of drug-likeness (QED) is 0.355. The normalized spacial score (nSPS) is 11.4. The third-order valence-corrected chi connectivity index (χ3v) is 5.37. The molecule has 0 fully saturated rings. The summed E-state index contributed by atoms with van der Waals surface area (Å²) < 4.78 is 0. The zero-order valence-electron chi connectivity index (χ0n) is 19.5. The molecule has 4 rings (SSSR count). The van der Waals surface area contributed by atoms with Crippen LogP contribution in [0, 0.1) is 0 Å². The van der Waals surface area contributed by atoms with Gasteiger partial charge in [-0.25, -0.2) is 14.7 Å². The molecule has 0 unspecified atom stereocenters. The molecule has 1 aromatic heterocycles. The van der Waals surface area contributed by atoms with Crippen LogP contribution < -0.4 is 20.4 Å². The van der Waals surface area contributed by atoms with Crippen LogP contribution in [-0.4, -0.2) is 30.1 Å². The summed E-state index contributed by atoms with van der Waals surface area (Å²) in [6.45, 7) is 2.05. The third kappa shape index (κ3) is 5.50. The van der Waals surface area contributed by atoms with E-state index in [1.165, 1.54) is 0 Å². The van der Waals surface area contributed by atoms with E-state index in [4.69, 9.17) is 0 Å². The van der Waals surface area contributed by atoms with Crippen molar-refractivity contribution in [2.45, 2.75) is 13.0 Å². The van der Waals surface area contributed by atoms with Crippen molar-refractivity contribution < 1.29 is 4.79 Å². The summed E-state index contributed by atoms with van der Waals surface area (Å²) in [4.78, 5) is 26.0. The summed E-state index contributed by atoms with van der Waals surface area (Å²) in [6, 6.07) is 28.6. The number of anilines is 5. The van der Waals surface area contributed by atoms with Crippen molar-refractivity contribution in [2.75, 3.05) is 34.5 Å². The number of hydrogen-bond acceptors (Lipinski definition) is 5. The van der Waals surface area contributed by atoms with E-state index in [2.05, 4.69) is 20.6 Å². The molecule has 7 nitrogen and oxygen atoms in total. The Morgan fingerprint density at radius 1 is 0.824 bits per heavy atom. The minimum atomic E-state index is -0.315. The van der Waals surface area contributed by atoms with Gasteiger partial charge in [0.25, 0.3) is 0 Å². The number of nitrogens with zero attached hydrogens (tertiary/aromatic N) is 4. The molecule has 2 amide bonds. The van der Waals surface area contributed by atoms with E-state index in [0.717, 1.165) is 11.3 Å². The van der Waals surface area contributed by atoms with E-state index >= 15 is 0 Å². The molecular formula is C27H28N6O.